The Morgan fingerprint density at radius 1 is 1.08 bits per heavy atom. The fourth-order valence-electron chi connectivity index (χ4n) is 10.9. The van der Waals surface area contributed by atoms with Gasteiger partial charge in [0.1, 0.15) is 17.2 Å². The summed E-state index contributed by atoms with van der Waals surface area (Å²) in [7, 11) is 3.27. The van der Waals surface area contributed by atoms with Gasteiger partial charge in [-0.1, -0.05) is 38.1 Å². The molecular formula is C40H51N5O6. The Bertz CT molecular complexity index is 1700. The van der Waals surface area contributed by atoms with Gasteiger partial charge in [-0.2, -0.15) is 10.2 Å². The minimum absolute atomic E-state index is 0.0404. The van der Waals surface area contributed by atoms with Gasteiger partial charge in [-0.15, -0.1) is 0 Å². The fraction of sp³-hybridized carbons (Fsp3) is 0.575. The van der Waals surface area contributed by atoms with E-state index in [4.69, 9.17) is 9.47 Å². The molecule has 1 aromatic rings. The summed E-state index contributed by atoms with van der Waals surface area (Å²) in [4.78, 5) is 47.0. The van der Waals surface area contributed by atoms with Gasteiger partial charge in [-0.3, -0.25) is 14.4 Å². The van der Waals surface area contributed by atoms with E-state index in [0.717, 1.165) is 49.2 Å². The molecule has 11 nitrogen and oxygen atoms in total. The summed E-state index contributed by atoms with van der Waals surface area (Å²) in [5, 5.41) is 23.2. The van der Waals surface area contributed by atoms with Crippen molar-refractivity contribution in [3.63, 3.8) is 0 Å². The molecule has 0 saturated heterocycles. The van der Waals surface area contributed by atoms with Crippen molar-refractivity contribution in [1.29, 1.82) is 0 Å². The zero-order valence-corrected chi connectivity index (χ0v) is 30.3. The molecule has 0 spiro atoms. The molecule has 4 fully saturated rings. The largest absolute Gasteiger partial charge is 0.496 e. The van der Waals surface area contributed by atoms with E-state index in [2.05, 4.69) is 46.4 Å². The van der Waals surface area contributed by atoms with Gasteiger partial charge >= 0.3 is 5.97 Å². The second-order valence-electron chi connectivity index (χ2n) is 15.1. The number of carbonyl (C=O) groups is 3. The monoisotopic (exact) mass is 697 g/mol. The van der Waals surface area contributed by atoms with Crippen LogP contribution in [0.15, 0.2) is 75.8 Å². The second-order valence-corrected chi connectivity index (χ2v) is 15.1. The van der Waals surface area contributed by atoms with Crippen LogP contribution in [0.5, 0.6) is 11.5 Å². The van der Waals surface area contributed by atoms with E-state index in [1.807, 2.05) is 35.3 Å². The van der Waals surface area contributed by atoms with Gasteiger partial charge in [0.05, 0.1) is 32.2 Å². The fourth-order valence-corrected chi connectivity index (χ4v) is 10.9. The SMILES string of the molecule is CCN(CC)CCC(=O)NC1C2CC3CC1(c1c(OC)cccc1OC)CC(N(C(=O)C1=CCN=N1)C1=CC=CC4=CCCCC41)(C3)C2C(=O)O. The van der Waals surface area contributed by atoms with Crippen molar-refractivity contribution in [2.75, 3.05) is 40.4 Å². The standard InChI is InChI=1S/C40H51N5O6/c1-5-44(6-2)20-18-33(46)42-36-28-21-25-22-39(36,35-31(50-3)15-10-16-32(35)51-4)24-40(23-25,34(28)38(48)49)45(37(47)29-17-19-41-43-29)30-14-9-12-26-11-7-8-13-27(26)30/h9-12,14-17,25,27-28,34,36H,5-8,13,18-24H2,1-4H3,(H,42,46)(H,48,49). The number of amides is 2. The zero-order chi connectivity index (χ0) is 35.9. The molecule has 7 unspecified atom stereocenters. The van der Waals surface area contributed by atoms with Gasteiger partial charge < -0.3 is 29.7 Å². The Morgan fingerprint density at radius 2 is 1.84 bits per heavy atom. The van der Waals surface area contributed by atoms with Crippen molar-refractivity contribution in [1.82, 2.24) is 15.1 Å². The second kappa shape index (κ2) is 14.1. The van der Waals surface area contributed by atoms with Gasteiger partial charge in [0.25, 0.3) is 5.91 Å². The molecule has 2 N–H and O–H groups in total. The van der Waals surface area contributed by atoms with Crippen LogP contribution in [-0.2, 0) is 19.8 Å². The number of carboxylic acids is 1. The first-order valence-electron chi connectivity index (χ1n) is 18.7. The molecule has 2 amide bonds. The highest BCUT2D eigenvalue weighted by Gasteiger charge is 2.73. The van der Waals surface area contributed by atoms with E-state index < -0.39 is 34.8 Å². The zero-order valence-electron chi connectivity index (χ0n) is 30.3. The molecule has 1 heterocycles. The molecule has 4 bridgehead atoms. The first kappa shape index (κ1) is 35.2. The highest BCUT2D eigenvalue weighted by Crippen LogP contribution is 2.69. The maximum Gasteiger partial charge on any atom is 0.309 e. The van der Waals surface area contributed by atoms with Gasteiger partial charge in [0.2, 0.25) is 5.91 Å². The number of allylic oxidation sites excluding steroid dienone is 5. The van der Waals surface area contributed by atoms with Crippen LogP contribution >= 0.6 is 0 Å². The molecule has 6 aliphatic carbocycles. The van der Waals surface area contributed by atoms with Crippen molar-refractivity contribution in [2.24, 2.45) is 33.9 Å². The summed E-state index contributed by atoms with van der Waals surface area (Å²) in [6, 6.07) is 5.19. The predicted octanol–water partition coefficient (Wildman–Crippen LogP) is 5.79. The van der Waals surface area contributed by atoms with Crippen molar-refractivity contribution in [3.8, 4) is 11.5 Å². The quantitative estimate of drug-likeness (QED) is 0.267. The molecular weight excluding hydrogens is 646 g/mol. The minimum Gasteiger partial charge on any atom is -0.496 e. The third-order valence-electron chi connectivity index (χ3n) is 12.7. The number of aliphatic carboxylic acids is 1. The summed E-state index contributed by atoms with van der Waals surface area (Å²) in [6.07, 6.45) is 15.4. The lowest BCUT2D eigenvalue weighted by molar-refractivity contribution is -0.188. The number of ether oxygens (including phenoxy) is 2. The Kier molecular flexibility index (Phi) is 9.69. The van der Waals surface area contributed by atoms with Crippen LogP contribution in [0.2, 0.25) is 0 Å². The molecule has 4 saturated carbocycles. The van der Waals surface area contributed by atoms with E-state index in [0.29, 0.717) is 56.7 Å². The number of benzene rings is 1. The molecule has 51 heavy (non-hydrogen) atoms. The van der Waals surface area contributed by atoms with Crippen LogP contribution < -0.4 is 14.8 Å². The first-order chi connectivity index (χ1) is 24.7. The maximum absolute atomic E-state index is 15.1. The van der Waals surface area contributed by atoms with Crippen LogP contribution in [0.25, 0.3) is 0 Å². The molecule has 0 radical (unpaired) electrons. The van der Waals surface area contributed by atoms with Crippen LogP contribution in [0.4, 0.5) is 0 Å². The Morgan fingerprint density at radius 3 is 2.51 bits per heavy atom. The number of carboxylic acid groups (broad SMARTS) is 1. The Labute approximate surface area is 300 Å². The summed E-state index contributed by atoms with van der Waals surface area (Å²) in [5.41, 5.74) is 1.15. The third kappa shape index (κ3) is 5.81. The highest BCUT2D eigenvalue weighted by molar-refractivity contribution is 5.96. The van der Waals surface area contributed by atoms with Gasteiger partial charge in [0, 0.05) is 41.6 Å². The van der Waals surface area contributed by atoms with Gasteiger partial charge in [-0.25, -0.2) is 0 Å². The topological polar surface area (TPSA) is 133 Å². The average molecular weight is 698 g/mol. The van der Waals surface area contributed by atoms with E-state index in [1.165, 1.54) is 0 Å². The van der Waals surface area contributed by atoms with E-state index >= 15 is 4.79 Å². The van der Waals surface area contributed by atoms with Crippen LogP contribution in [0.3, 0.4) is 0 Å². The van der Waals surface area contributed by atoms with Crippen LogP contribution in [0.1, 0.15) is 70.8 Å². The minimum atomic E-state index is -1.12. The number of azo groups is 1. The smallest absolute Gasteiger partial charge is 0.309 e. The van der Waals surface area contributed by atoms with Crippen molar-refractivity contribution in [3.05, 3.63) is 71.1 Å². The van der Waals surface area contributed by atoms with Crippen molar-refractivity contribution >= 4 is 17.8 Å². The Hall–Kier alpha value is -4.25. The lowest BCUT2D eigenvalue weighted by Crippen LogP contribution is -2.78. The van der Waals surface area contributed by atoms with E-state index in [9.17, 15) is 14.7 Å². The lowest BCUT2D eigenvalue weighted by atomic mass is 9.39. The molecule has 8 rings (SSSR count). The van der Waals surface area contributed by atoms with E-state index in [-0.39, 0.29) is 29.3 Å². The number of hydrogen-bond acceptors (Lipinski definition) is 8. The summed E-state index contributed by atoms with van der Waals surface area (Å²) in [6.45, 7) is 6.77. The van der Waals surface area contributed by atoms with E-state index in [1.54, 1.807) is 20.3 Å². The maximum atomic E-state index is 15.1. The lowest BCUT2D eigenvalue weighted by Gasteiger charge is -2.70. The molecule has 7 aliphatic rings. The third-order valence-corrected chi connectivity index (χ3v) is 12.7. The number of fused-ring (bicyclic) bond motifs is 1. The first-order valence-corrected chi connectivity index (χ1v) is 18.7. The van der Waals surface area contributed by atoms with Gasteiger partial charge in [0.15, 0.2) is 0 Å². The number of hydrogen-bond donors (Lipinski definition) is 2. The van der Waals surface area contributed by atoms with Crippen molar-refractivity contribution in [2.45, 2.75) is 82.2 Å². The molecule has 11 heteroatoms. The number of nitrogens with one attached hydrogen (secondary N) is 1. The average Bonchev–Trinajstić information content (AvgIpc) is 3.68. The highest BCUT2D eigenvalue weighted by atomic mass is 16.5. The molecule has 272 valence electrons. The summed E-state index contributed by atoms with van der Waals surface area (Å²) >= 11 is 0. The van der Waals surface area contributed by atoms with Gasteiger partial charge in [-0.05, 0) is 99.7 Å². The van der Waals surface area contributed by atoms with Crippen LogP contribution in [-0.4, -0.2) is 84.7 Å². The number of rotatable bonds is 13. The number of methoxy groups -OCH3 is 2. The molecule has 0 aromatic heterocycles. The molecule has 7 atom stereocenters. The predicted molar refractivity (Wildman–Crippen MR) is 192 cm³/mol. The summed E-state index contributed by atoms with van der Waals surface area (Å²) < 4.78 is 12.1. The van der Waals surface area contributed by atoms with Crippen LogP contribution in [0, 0.1) is 23.7 Å². The van der Waals surface area contributed by atoms with Crippen molar-refractivity contribution < 1.29 is 29.0 Å². The molecule has 1 aromatic carbocycles. The Balaban J connectivity index is 1.43. The normalized spacial score (nSPS) is 31.5. The number of carbonyl (C=O) groups excluding carboxylic acids is 2. The summed E-state index contributed by atoms with van der Waals surface area (Å²) in [5.74, 6) is -1.45. The number of nitrogens with zero attached hydrogens (tertiary/aromatic N) is 4. The molecule has 1 aliphatic heterocycles.